The van der Waals surface area contributed by atoms with Gasteiger partial charge in [-0.3, -0.25) is 0 Å². The predicted octanol–water partition coefficient (Wildman–Crippen LogP) is 2.66. The standard InChI is InChI=1S/C10H22ClNO2S/c1-5-10(6-2)12(7-9(3)4)15(13,14)8-11/h9-10H,5-8H2,1-4H3. The Hall–Kier alpha value is 0.200. The van der Waals surface area contributed by atoms with E-state index in [2.05, 4.69) is 0 Å². The molecule has 0 aromatic rings. The van der Waals surface area contributed by atoms with E-state index in [0.29, 0.717) is 12.5 Å². The van der Waals surface area contributed by atoms with Gasteiger partial charge in [0.15, 0.2) is 0 Å². The lowest BCUT2D eigenvalue weighted by molar-refractivity contribution is 0.278. The van der Waals surface area contributed by atoms with Crippen LogP contribution in [0, 0.1) is 5.92 Å². The van der Waals surface area contributed by atoms with Crippen LogP contribution in [0.5, 0.6) is 0 Å². The van der Waals surface area contributed by atoms with Crippen LogP contribution >= 0.6 is 11.6 Å². The van der Waals surface area contributed by atoms with Crippen LogP contribution in [0.1, 0.15) is 40.5 Å². The minimum absolute atomic E-state index is 0.0798. The molecule has 0 aliphatic carbocycles. The van der Waals surface area contributed by atoms with Crippen molar-refractivity contribution in [2.45, 2.75) is 46.6 Å². The third-order valence-electron chi connectivity index (χ3n) is 2.39. The van der Waals surface area contributed by atoms with Crippen molar-refractivity contribution in [2.24, 2.45) is 5.92 Å². The molecule has 5 heteroatoms. The first kappa shape index (κ1) is 15.2. The molecule has 0 unspecified atom stereocenters. The highest BCUT2D eigenvalue weighted by molar-refractivity contribution is 7.90. The summed E-state index contributed by atoms with van der Waals surface area (Å²) in [6.45, 7) is 8.59. The highest BCUT2D eigenvalue weighted by Gasteiger charge is 2.27. The van der Waals surface area contributed by atoms with Gasteiger partial charge in [-0.15, -0.1) is 11.6 Å². The Morgan fingerprint density at radius 3 is 1.93 bits per heavy atom. The van der Waals surface area contributed by atoms with E-state index in [0.717, 1.165) is 12.8 Å². The molecule has 0 heterocycles. The number of nitrogens with zero attached hydrogens (tertiary/aromatic N) is 1. The Morgan fingerprint density at radius 2 is 1.67 bits per heavy atom. The van der Waals surface area contributed by atoms with Gasteiger partial charge in [0.1, 0.15) is 5.21 Å². The molecule has 0 aliphatic rings. The third kappa shape index (κ3) is 4.70. The SMILES string of the molecule is CCC(CC)N(CC(C)C)S(=O)(=O)CCl. The zero-order valence-corrected chi connectivity index (χ0v) is 11.6. The maximum absolute atomic E-state index is 11.8. The summed E-state index contributed by atoms with van der Waals surface area (Å²) in [5.41, 5.74) is 0. The molecular formula is C10H22ClNO2S. The zero-order valence-electron chi connectivity index (χ0n) is 10.0. The van der Waals surface area contributed by atoms with Crippen LogP contribution in [0.15, 0.2) is 0 Å². The lowest BCUT2D eigenvalue weighted by Gasteiger charge is -2.30. The second-order valence-electron chi connectivity index (χ2n) is 4.15. The lowest BCUT2D eigenvalue weighted by atomic mass is 10.1. The van der Waals surface area contributed by atoms with Gasteiger partial charge < -0.3 is 0 Å². The summed E-state index contributed by atoms with van der Waals surface area (Å²) in [5.74, 6) is 0.323. The van der Waals surface area contributed by atoms with Crippen molar-refractivity contribution in [1.29, 1.82) is 0 Å². The molecule has 3 nitrogen and oxygen atoms in total. The number of alkyl halides is 1. The summed E-state index contributed by atoms with van der Waals surface area (Å²) < 4.78 is 25.1. The van der Waals surface area contributed by atoms with Gasteiger partial charge in [0, 0.05) is 12.6 Å². The summed E-state index contributed by atoms with van der Waals surface area (Å²) in [6.07, 6.45) is 1.67. The molecule has 0 saturated heterocycles. The highest BCUT2D eigenvalue weighted by Crippen LogP contribution is 2.17. The predicted molar refractivity (Wildman–Crippen MR) is 65.6 cm³/mol. The van der Waals surface area contributed by atoms with E-state index < -0.39 is 10.0 Å². The number of rotatable bonds is 7. The van der Waals surface area contributed by atoms with E-state index in [1.165, 1.54) is 0 Å². The molecule has 0 radical (unpaired) electrons. The van der Waals surface area contributed by atoms with Crippen molar-refractivity contribution in [3.8, 4) is 0 Å². The van der Waals surface area contributed by atoms with Crippen LogP contribution in [-0.2, 0) is 10.0 Å². The summed E-state index contributed by atoms with van der Waals surface area (Å²) >= 11 is 5.50. The first-order chi connectivity index (χ1) is 6.88. The highest BCUT2D eigenvalue weighted by atomic mass is 35.5. The Labute approximate surface area is 98.8 Å². The van der Waals surface area contributed by atoms with Crippen LogP contribution in [0.25, 0.3) is 0 Å². The number of halogens is 1. The molecule has 0 atom stereocenters. The van der Waals surface area contributed by atoms with Crippen molar-refractivity contribution in [1.82, 2.24) is 4.31 Å². The Bertz CT molecular complexity index is 261. The van der Waals surface area contributed by atoms with Crippen molar-refractivity contribution < 1.29 is 8.42 Å². The molecule has 0 spiro atoms. The molecule has 0 N–H and O–H groups in total. The van der Waals surface area contributed by atoms with E-state index >= 15 is 0 Å². The fourth-order valence-corrected chi connectivity index (χ4v) is 3.39. The van der Waals surface area contributed by atoms with Gasteiger partial charge in [-0.05, 0) is 18.8 Å². The topological polar surface area (TPSA) is 37.4 Å². The average molecular weight is 256 g/mol. The molecule has 0 aromatic heterocycles. The smallest absolute Gasteiger partial charge is 0.211 e. The van der Waals surface area contributed by atoms with Crippen LogP contribution < -0.4 is 0 Å². The zero-order chi connectivity index (χ0) is 12.1. The maximum atomic E-state index is 11.8. The van der Waals surface area contributed by atoms with Crippen LogP contribution in [0.3, 0.4) is 0 Å². The molecule has 0 amide bonds. The third-order valence-corrected chi connectivity index (χ3v) is 4.65. The van der Waals surface area contributed by atoms with E-state index in [9.17, 15) is 8.42 Å². The van der Waals surface area contributed by atoms with Crippen LogP contribution in [0.4, 0.5) is 0 Å². The van der Waals surface area contributed by atoms with Gasteiger partial charge >= 0.3 is 0 Å². The van der Waals surface area contributed by atoms with E-state index in [4.69, 9.17) is 11.6 Å². The number of hydrogen-bond donors (Lipinski definition) is 0. The molecular weight excluding hydrogens is 234 g/mol. The van der Waals surface area contributed by atoms with Gasteiger partial charge in [0.2, 0.25) is 10.0 Å². The van der Waals surface area contributed by atoms with E-state index in [1.54, 1.807) is 4.31 Å². The van der Waals surface area contributed by atoms with Crippen molar-refractivity contribution in [3.63, 3.8) is 0 Å². The minimum Gasteiger partial charge on any atom is -0.211 e. The Balaban J connectivity index is 4.87. The summed E-state index contributed by atoms with van der Waals surface area (Å²) in [7, 11) is -3.28. The van der Waals surface area contributed by atoms with Gasteiger partial charge in [-0.2, -0.15) is 4.31 Å². The fourth-order valence-electron chi connectivity index (χ4n) is 1.61. The molecule has 92 valence electrons. The number of hydrogen-bond acceptors (Lipinski definition) is 2. The van der Waals surface area contributed by atoms with E-state index in [-0.39, 0.29) is 11.3 Å². The van der Waals surface area contributed by atoms with Crippen molar-refractivity contribution in [3.05, 3.63) is 0 Å². The minimum atomic E-state index is -3.28. The largest absolute Gasteiger partial charge is 0.228 e. The van der Waals surface area contributed by atoms with Crippen LogP contribution in [0.2, 0.25) is 0 Å². The fraction of sp³-hybridized carbons (Fsp3) is 1.00. The monoisotopic (exact) mass is 255 g/mol. The molecule has 0 bridgehead atoms. The van der Waals surface area contributed by atoms with Gasteiger partial charge in [0.25, 0.3) is 0 Å². The molecule has 0 aliphatic heterocycles. The second-order valence-corrected chi connectivity index (χ2v) is 6.66. The second kappa shape index (κ2) is 6.71. The summed E-state index contributed by atoms with van der Waals surface area (Å²) in [5, 5.41) is -0.323. The van der Waals surface area contributed by atoms with Crippen LogP contribution in [-0.4, -0.2) is 30.5 Å². The maximum Gasteiger partial charge on any atom is 0.228 e. The average Bonchev–Trinajstić information content (AvgIpc) is 2.17. The first-order valence-electron chi connectivity index (χ1n) is 5.44. The number of sulfonamides is 1. The van der Waals surface area contributed by atoms with Crippen molar-refractivity contribution in [2.75, 3.05) is 11.8 Å². The summed E-state index contributed by atoms with van der Waals surface area (Å²) in [6, 6.07) is 0.0798. The van der Waals surface area contributed by atoms with Crippen molar-refractivity contribution >= 4 is 21.6 Å². The van der Waals surface area contributed by atoms with Gasteiger partial charge in [0.05, 0.1) is 0 Å². The summed E-state index contributed by atoms with van der Waals surface area (Å²) in [4.78, 5) is 0. The van der Waals surface area contributed by atoms with E-state index in [1.807, 2.05) is 27.7 Å². The lowest BCUT2D eigenvalue weighted by Crippen LogP contribution is -2.42. The Kier molecular flexibility index (Phi) is 6.80. The first-order valence-corrected chi connectivity index (χ1v) is 7.58. The quantitative estimate of drug-likeness (QED) is 0.656. The Morgan fingerprint density at radius 1 is 1.20 bits per heavy atom. The molecule has 0 fully saturated rings. The normalized spacial score (nSPS) is 13.1. The van der Waals surface area contributed by atoms with Gasteiger partial charge in [-0.1, -0.05) is 27.7 Å². The molecule has 0 aromatic carbocycles. The van der Waals surface area contributed by atoms with Gasteiger partial charge in [-0.25, -0.2) is 8.42 Å². The molecule has 0 rings (SSSR count). The molecule has 0 saturated carbocycles. The molecule has 15 heavy (non-hydrogen) atoms.